The number of nitrogens with two attached hydrogens (primary N) is 1. The summed E-state index contributed by atoms with van der Waals surface area (Å²) in [6.45, 7) is 4.24. The highest BCUT2D eigenvalue weighted by Crippen LogP contribution is 2.29. The zero-order valence-electron chi connectivity index (χ0n) is 20.9. The van der Waals surface area contributed by atoms with E-state index >= 15 is 0 Å². The molecule has 11 nitrogen and oxygen atoms in total. The Kier molecular flexibility index (Phi) is 8.58. The molecule has 0 aliphatic carbocycles. The molecule has 0 fully saturated rings. The molecule has 1 aromatic heterocycles. The number of carbonyl (C=O) groups excluding carboxylic acids is 3. The van der Waals surface area contributed by atoms with Crippen LogP contribution in [0.5, 0.6) is 0 Å². The number of rotatable bonds is 9. The maximum Gasteiger partial charge on any atom is 0.354 e. The molecule has 0 saturated carbocycles. The number of hydrogen-bond donors (Lipinski definition) is 4. The van der Waals surface area contributed by atoms with E-state index in [2.05, 4.69) is 19.8 Å². The summed E-state index contributed by atoms with van der Waals surface area (Å²) in [5, 5.41) is 12.9. The number of aromatic nitrogens is 1. The molecule has 0 bridgehead atoms. The Balaban J connectivity index is 2.04. The number of carbonyl (C=O) groups is 3. The fourth-order valence-electron chi connectivity index (χ4n) is 3.40. The average Bonchev–Trinajstić information content (AvgIpc) is 2.86. The first-order valence-corrected chi connectivity index (χ1v) is 13.2. The monoisotopic (exact) mass is 537 g/mol. The van der Waals surface area contributed by atoms with E-state index in [9.17, 15) is 22.8 Å². The lowest BCUT2D eigenvalue weighted by molar-refractivity contribution is 0.0748. The molecular weight excluding hydrogens is 510 g/mol. The molecular formula is C26H27N5O6S. The Labute approximate surface area is 220 Å². The van der Waals surface area contributed by atoms with Crippen LogP contribution in [0, 0.1) is 11.3 Å². The van der Waals surface area contributed by atoms with Crippen molar-refractivity contribution in [1.29, 1.82) is 5.41 Å². The summed E-state index contributed by atoms with van der Waals surface area (Å²) in [5.41, 5.74) is 6.51. The number of hydrogen-bond acceptors (Lipinski definition) is 8. The van der Waals surface area contributed by atoms with E-state index in [1.165, 1.54) is 30.5 Å². The molecule has 0 unspecified atom stereocenters. The number of nitrogens with zero attached hydrogens (tertiary/aromatic N) is 1. The normalized spacial score (nSPS) is 11.1. The first kappa shape index (κ1) is 28.0. The lowest BCUT2D eigenvalue weighted by Gasteiger charge is -2.14. The van der Waals surface area contributed by atoms with Gasteiger partial charge in [0, 0.05) is 35.1 Å². The van der Waals surface area contributed by atoms with E-state index in [1.54, 1.807) is 30.3 Å². The van der Waals surface area contributed by atoms with Crippen molar-refractivity contribution in [2.45, 2.75) is 13.8 Å². The van der Waals surface area contributed by atoms with Gasteiger partial charge in [-0.1, -0.05) is 26.0 Å². The highest BCUT2D eigenvalue weighted by molar-refractivity contribution is 7.86. The minimum atomic E-state index is -4.17. The number of amides is 2. The molecule has 3 rings (SSSR count). The van der Waals surface area contributed by atoms with E-state index in [-0.39, 0.29) is 39.7 Å². The van der Waals surface area contributed by atoms with Crippen LogP contribution >= 0.6 is 0 Å². The molecule has 5 N–H and O–H groups in total. The summed E-state index contributed by atoms with van der Waals surface area (Å²) >= 11 is 0. The second-order valence-corrected chi connectivity index (χ2v) is 10.4. The van der Waals surface area contributed by atoms with Gasteiger partial charge in [0.05, 0.1) is 11.8 Å². The Morgan fingerprint density at radius 2 is 1.66 bits per heavy atom. The summed E-state index contributed by atoms with van der Waals surface area (Å²) in [7, 11) is -4.17. The van der Waals surface area contributed by atoms with E-state index in [4.69, 9.17) is 11.1 Å². The molecule has 2 aromatic carbocycles. The molecule has 0 saturated heterocycles. The summed E-state index contributed by atoms with van der Waals surface area (Å²) in [5.74, 6) is -2.22. The molecule has 12 heteroatoms. The zero-order valence-corrected chi connectivity index (χ0v) is 21.8. The molecule has 0 spiro atoms. The molecule has 3 aromatic rings. The number of nitrogens with one attached hydrogen (secondary N) is 3. The topological polar surface area (TPSA) is 181 Å². The van der Waals surface area contributed by atoms with Crippen LogP contribution in [0.25, 0.3) is 11.1 Å². The van der Waals surface area contributed by atoms with E-state index in [0.717, 1.165) is 6.26 Å². The van der Waals surface area contributed by atoms with Crippen molar-refractivity contribution in [2.75, 3.05) is 18.1 Å². The van der Waals surface area contributed by atoms with Gasteiger partial charge in [-0.15, -0.1) is 0 Å². The third-order valence-corrected chi connectivity index (χ3v) is 5.62. The Bertz CT molecular complexity index is 1500. The number of benzene rings is 2. The van der Waals surface area contributed by atoms with Crippen LogP contribution in [0.4, 0.5) is 5.69 Å². The fraction of sp³-hybridized carbons (Fsp3) is 0.192. The van der Waals surface area contributed by atoms with Gasteiger partial charge in [0.25, 0.3) is 11.8 Å². The number of anilines is 1. The van der Waals surface area contributed by atoms with Crippen molar-refractivity contribution >= 4 is 39.4 Å². The fourth-order valence-corrected chi connectivity index (χ4v) is 3.76. The number of nitrogen functional groups attached to an aromatic ring is 1. The standard InChI is InChI=1S/C26H27N5O6S/c1-15(2)14-30-24(32)17-8-11-19(21(13-17)26(34)37-38(3,35)36)20-5-4-12-29-22(20)25(33)31-18-9-6-16(7-10-18)23(27)28/h4-13,15H,14H2,1-3H3,(H3,27,28)(H,30,32)(H,31,33). The van der Waals surface area contributed by atoms with Gasteiger partial charge in [0.2, 0.25) is 0 Å². The first-order valence-electron chi connectivity index (χ1n) is 11.4. The van der Waals surface area contributed by atoms with Crippen molar-refractivity contribution in [1.82, 2.24) is 10.3 Å². The molecule has 198 valence electrons. The summed E-state index contributed by atoms with van der Waals surface area (Å²) in [4.78, 5) is 42.8. The molecule has 0 aliphatic rings. The predicted molar refractivity (Wildman–Crippen MR) is 143 cm³/mol. The van der Waals surface area contributed by atoms with Crippen LogP contribution in [-0.4, -0.2) is 49.8 Å². The lowest BCUT2D eigenvalue weighted by Crippen LogP contribution is -2.27. The van der Waals surface area contributed by atoms with Gasteiger partial charge in [0.1, 0.15) is 11.5 Å². The van der Waals surface area contributed by atoms with Crippen LogP contribution in [0.1, 0.15) is 50.6 Å². The van der Waals surface area contributed by atoms with Gasteiger partial charge >= 0.3 is 16.1 Å². The van der Waals surface area contributed by atoms with Gasteiger partial charge in [-0.2, -0.15) is 8.42 Å². The Morgan fingerprint density at radius 1 is 1.00 bits per heavy atom. The molecule has 2 amide bonds. The third-order valence-electron chi connectivity index (χ3n) is 5.17. The minimum Gasteiger partial charge on any atom is -0.384 e. The second-order valence-electron chi connectivity index (χ2n) is 8.78. The van der Waals surface area contributed by atoms with Gasteiger partial charge in [-0.3, -0.25) is 20.0 Å². The van der Waals surface area contributed by atoms with Crippen molar-refractivity contribution < 1.29 is 27.0 Å². The summed E-state index contributed by atoms with van der Waals surface area (Å²) in [6, 6.07) is 13.4. The second kappa shape index (κ2) is 11.6. The maximum atomic E-state index is 13.1. The molecule has 0 radical (unpaired) electrons. The highest BCUT2D eigenvalue weighted by atomic mass is 32.2. The lowest BCUT2D eigenvalue weighted by atomic mass is 9.95. The smallest absolute Gasteiger partial charge is 0.354 e. The van der Waals surface area contributed by atoms with Gasteiger partial charge < -0.3 is 20.6 Å². The van der Waals surface area contributed by atoms with Crippen LogP contribution in [0.2, 0.25) is 0 Å². The van der Waals surface area contributed by atoms with Crippen LogP contribution in [0.3, 0.4) is 0 Å². The first-order chi connectivity index (χ1) is 17.9. The largest absolute Gasteiger partial charge is 0.384 e. The van der Waals surface area contributed by atoms with Crippen molar-refractivity contribution in [3.63, 3.8) is 0 Å². The SMILES string of the molecule is CC(C)CNC(=O)c1ccc(-c2cccnc2C(=O)Nc2ccc(C(=N)N)cc2)c(C(=O)OS(C)(=O)=O)c1. The van der Waals surface area contributed by atoms with Gasteiger partial charge in [0.15, 0.2) is 0 Å². The van der Waals surface area contributed by atoms with Crippen molar-refractivity contribution in [2.24, 2.45) is 11.7 Å². The van der Waals surface area contributed by atoms with Crippen molar-refractivity contribution in [3.05, 3.63) is 83.2 Å². The average molecular weight is 538 g/mol. The van der Waals surface area contributed by atoms with Crippen LogP contribution in [0.15, 0.2) is 60.8 Å². The van der Waals surface area contributed by atoms with E-state index in [0.29, 0.717) is 17.8 Å². The Hall–Kier alpha value is -4.58. The van der Waals surface area contributed by atoms with Gasteiger partial charge in [-0.25, -0.2) is 4.79 Å². The maximum absolute atomic E-state index is 13.1. The van der Waals surface area contributed by atoms with E-state index < -0.39 is 27.9 Å². The number of pyridine rings is 1. The van der Waals surface area contributed by atoms with Gasteiger partial charge in [-0.05, 0) is 53.9 Å². The minimum absolute atomic E-state index is 0.0615. The van der Waals surface area contributed by atoms with Crippen LogP contribution < -0.4 is 16.4 Å². The van der Waals surface area contributed by atoms with E-state index in [1.807, 2.05) is 13.8 Å². The molecule has 1 heterocycles. The summed E-state index contributed by atoms with van der Waals surface area (Å²) < 4.78 is 28.0. The Morgan fingerprint density at radius 3 is 2.26 bits per heavy atom. The molecule has 38 heavy (non-hydrogen) atoms. The highest BCUT2D eigenvalue weighted by Gasteiger charge is 2.24. The van der Waals surface area contributed by atoms with Crippen molar-refractivity contribution in [3.8, 4) is 11.1 Å². The van der Waals surface area contributed by atoms with Crippen LogP contribution in [-0.2, 0) is 14.3 Å². The molecule has 0 atom stereocenters. The predicted octanol–water partition coefficient (Wildman–Crippen LogP) is 2.79. The quantitative estimate of drug-likeness (QED) is 0.183. The summed E-state index contributed by atoms with van der Waals surface area (Å²) in [6.07, 6.45) is 2.11. The molecule has 0 aliphatic heterocycles. The third kappa shape index (κ3) is 7.23. The zero-order chi connectivity index (χ0) is 28.0. The number of amidine groups is 1.